The maximum absolute atomic E-state index is 12.7. The lowest BCUT2D eigenvalue weighted by Gasteiger charge is -2.14. The van der Waals surface area contributed by atoms with Crippen molar-refractivity contribution < 1.29 is 23.8 Å². The average Bonchev–Trinajstić information content (AvgIpc) is 3.07. The van der Waals surface area contributed by atoms with Gasteiger partial charge < -0.3 is 19.2 Å². The minimum absolute atomic E-state index is 0.264. The maximum atomic E-state index is 12.7. The Morgan fingerprint density at radius 3 is 2.59 bits per heavy atom. The van der Waals surface area contributed by atoms with Gasteiger partial charge in [0.1, 0.15) is 0 Å². The largest absolute Gasteiger partial charge is 0.493 e. The summed E-state index contributed by atoms with van der Waals surface area (Å²) in [6.45, 7) is 5.19. The zero-order valence-corrected chi connectivity index (χ0v) is 16.7. The van der Waals surface area contributed by atoms with Crippen molar-refractivity contribution in [2.24, 2.45) is 0 Å². The molecule has 29 heavy (non-hydrogen) atoms. The molecule has 150 valence electrons. The number of H-pyrrole nitrogens is 1. The minimum Gasteiger partial charge on any atom is -0.493 e. The first-order valence-corrected chi connectivity index (χ1v) is 9.13. The van der Waals surface area contributed by atoms with E-state index in [1.165, 1.54) is 20.3 Å². The standard InChI is InChI=1S/C23H23NO5/c1-5-8-15-11-16(12-20(27-3)22(15)28-4)23(26)29-13-19(25)21-14(2)24-18-10-7-6-9-17(18)21/h5-7,9-12,24H,1,8,13H2,2-4H3. The molecule has 0 spiro atoms. The fourth-order valence-electron chi connectivity index (χ4n) is 3.39. The van der Waals surface area contributed by atoms with E-state index in [-0.39, 0.29) is 18.0 Å². The molecule has 0 amide bonds. The number of ketones is 1. The molecule has 1 N–H and O–H groups in total. The van der Waals surface area contributed by atoms with Crippen molar-refractivity contribution in [2.75, 3.05) is 20.8 Å². The van der Waals surface area contributed by atoms with Crippen LogP contribution in [-0.4, -0.2) is 37.6 Å². The molecule has 0 fully saturated rings. The normalized spacial score (nSPS) is 10.6. The molecule has 3 aromatic rings. The lowest BCUT2D eigenvalue weighted by Crippen LogP contribution is -2.15. The second-order valence-electron chi connectivity index (χ2n) is 6.53. The highest BCUT2D eigenvalue weighted by atomic mass is 16.5. The van der Waals surface area contributed by atoms with E-state index in [9.17, 15) is 9.59 Å². The van der Waals surface area contributed by atoms with Gasteiger partial charge in [-0.2, -0.15) is 0 Å². The van der Waals surface area contributed by atoms with E-state index < -0.39 is 5.97 Å². The highest BCUT2D eigenvalue weighted by Crippen LogP contribution is 2.33. The number of carbonyl (C=O) groups is 2. The molecule has 0 atom stereocenters. The van der Waals surface area contributed by atoms with Gasteiger partial charge in [-0.05, 0) is 31.5 Å². The van der Waals surface area contributed by atoms with Crippen LogP contribution in [0.5, 0.6) is 11.5 Å². The Labute approximate surface area is 169 Å². The van der Waals surface area contributed by atoms with Gasteiger partial charge in [-0.1, -0.05) is 24.3 Å². The van der Waals surface area contributed by atoms with Gasteiger partial charge in [0.2, 0.25) is 5.78 Å². The van der Waals surface area contributed by atoms with Gasteiger partial charge in [-0.25, -0.2) is 4.79 Å². The first kappa shape index (κ1) is 20.2. The predicted molar refractivity (Wildman–Crippen MR) is 111 cm³/mol. The predicted octanol–water partition coefficient (Wildman–Crippen LogP) is 4.26. The van der Waals surface area contributed by atoms with Crippen molar-refractivity contribution in [1.82, 2.24) is 4.98 Å². The van der Waals surface area contributed by atoms with E-state index in [0.29, 0.717) is 23.5 Å². The number of esters is 1. The Hall–Kier alpha value is -3.54. The van der Waals surface area contributed by atoms with Crippen molar-refractivity contribution in [3.8, 4) is 11.5 Å². The van der Waals surface area contributed by atoms with Gasteiger partial charge in [0.15, 0.2) is 18.1 Å². The molecule has 0 unspecified atom stereocenters. The number of ether oxygens (including phenoxy) is 3. The lowest BCUT2D eigenvalue weighted by molar-refractivity contribution is 0.0474. The Bertz CT molecular complexity index is 1080. The van der Waals surface area contributed by atoms with Crippen molar-refractivity contribution in [2.45, 2.75) is 13.3 Å². The second-order valence-corrected chi connectivity index (χ2v) is 6.53. The van der Waals surface area contributed by atoms with Crippen molar-refractivity contribution in [1.29, 1.82) is 0 Å². The molecule has 1 aromatic heterocycles. The van der Waals surface area contributed by atoms with Crippen molar-refractivity contribution in [3.63, 3.8) is 0 Å². The van der Waals surface area contributed by atoms with Crippen LogP contribution in [0.3, 0.4) is 0 Å². The number of allylic oxidation sites excluding steroid dienone is 1. The highest BCUT2D eigenvalue weighted by Gasteiger charge is 2.20. The van der Waals surface area contributed by atoms with Crippen molar-refractivity contribution in [3.05, 3.63) is 71.4 Å². The molecular formula is C23H23NO5. The fraction of sp³-hybridized carbons (Fsp3) is 0.217. The van der Waals surface area contributed by atoms with Crippen LogP contribution in [0, 0.1) is 6.92 Å². The quantitative estimate of drug-likeness (QED) is 0.351. The monoisotopic (exact) mass is 393 g/mol. The number of benzene rings is 2. The minimum atomic E-state index is -0.609. The van der Waals surface area contributed by atoms with Gasteiger partial charge in [0, 0.05) is 27.7 Å². The third-order valence-corrected chi connectivity index (χ3v) is 4.66. The summed E-state index contributed by atoms with van der Waals surface area (Å²) in [5, 5.41) is 0.811. The second kappa shape index (κ2) is 8.65. The van der Waals surface area contributed by atoms with Crippen LogP contribution in [0.15, 0.2) is 49.1 Å². The summed E-state index contributed by atoms with van der Waals surface area (Å²) in [6.07, 6.45) is 2.20. The number of methoxy groups -OCH3 is 2. The lowest BCUT2D eigenvalue weighted by atomic mass is 10.1. The van der Waals surface area contributed by atoms with E-state index in [4.69, 9.17) is 14.2 Å². The van der Waals surface area contributed by atoms with Crippen LogP contribution in [0.2, 0.25) is 0 Å². The van der Waals surface area contributed by atoms with Crippen LogP contribution in [0.25, 0.3) is 10.9 Å². The average molecular weight is 393 g/mol. The molecule has 0 saturated heterocycles. The summed E-state index contributed by atoms with van der Waals surface area (Å²) >= 11 is 0. The molecule has 1 heterocycles. The summed E-state index contributed by atoms with van der Waals surface area (Å²) in [7, 11) is 3.03. The van der Waals surface area contributed by atoms with Crippen LogP contribution in [0.4, 0.5) is 0 Å². The summed E-state index contributed by atoms with van der Waals surface area (Å²) in [4.78, 5) is 28.5. The number of hydrogen-bond donors (Lipinski definition) is 1. The SMILES string of the molecule is C=CCc1cc(C(=O)OCC(=O)c2c(C)[nH]c3ccccc23)cc(OC)c1OC. The summed E-state index contributed by atoms with van der Waals surface area (Å²) in [5.41, 5.74) is 3.17. The number of para-hydroxylation sites is 1. The van der Waals surface area contributed by atoms with Crippen LogP contribution in [0.1, 0.15) is 32.0 Å². The van der Waals surface area contributed by atoms with Gasteiger partial charge in [0.25, 0.3) is 0 Å². The van der Waals surface area contributed by atoms with E-state index in [1.54, 1.807) is 12.1 Å². The number of hydrogen-bond acceptors (Lipinski definition) is 5. The molecule has 0 aliphatic rings. The Balaban J connectivity index is 1.81. The summed E-state index contributed by atoms with van der Waals surface area (Å²) in [5.74, 6) is 0.0780. The Kier molecular flexibility index (Phi) is 6.02. The maximum Gasteiger partial charge on any atom is 0.338 e. The molecule has 3 rings (SSSR count). The van der Waals surface area contributed by atoms with E-state index in [1.807, 2.05) is 31.2 Å². The number of rotatable bonds is 8. The Morgan fingerprint density at radius 2 is 1.90 bits per heavy atom. The summed E-state index contributed by atoms with van der Waals surface area (Å²) in [6, 6.07) is 10.7. The number of aromatic nitrogens is 1. The third kappa shape index (κ3) is 4.01. The zero-order chi connectivity index (χ0) is 21.0. The number of nitrogens with one attached hydrogen (secondary N) is 1. The topological polar surface area (TPSA) is 77.6 Å². The smallest absolute Gasteiger partial charge is 0.338 e. The molecular weight excluding hydrogens is 370 g/mol. The number of aryl methyl sites for hydroxylation is 1. The van der Waals surface area contributed by atoms with Crippen LogP contribution < -0.4 is 9.47 Å². The van der Waals surface area contributed by atoms with Gasteiger partial charge in [-0.3, -0.25) is 4.79 Å². The van der Waals surface area contributed by atoms with E-state index in [0.717, 1.165) is 22.2 Å². The van der Waals surface area contributed by atoms with E-state index >= 15 is 0 Å². The molecule has 0 aliphatic carbocycles. The van der Waals surface area contributed by atoms with Gasteiger partial charge in [0.05, 0.1) is 19.8 Å². The number of carbonyl (C=O) groups excluding carboxylic acids is 2. The molecule has 6 heteroatoms. The van der Waals surface area contributed by atoms with Gasteiger partial charge >= 0.3 is 5.97 Å². The van der Waals surface area contributed by atoms with E-state index in [2.05, 4.69) is 11.6 Å². The molecule has 6 nitrogen and oxygen atoms in total. The molecule has 0 bridgehead atoms. The number of Topliss-reactive ketones (excluding diaryl/α,β-unsaturated/α-hetero) is 1. The molecule has 0 aliphatic heterocycles. The van der Waals surface area contributed by atoms with Crippen LogP contribution in [-0.2, 0) is 11.2 Å². The van der Waals surface area contributed by atoms with Crippen LogP contribution >= 0.6 is 0 Å². The third-order valence-electron chi connectivity index (χ3n) is 4.66. The van der Waals surface area contributed by atoms with Gasteiger partial charge in [-0.15, -0.1) is 6.58 Å². The number of aromatic amines is 1. The Morgan fingerprint density at radius 1 is 1.14 bits per heavy atom. The molecule has 0 saturated carbocycles. The number of fused-ring (bicyclic) bond motifs is 1. The highest BCUT2D eigenvalue weighted by molar-refractivity contribution is 6.10. The zero-order valence-electron chi connectivity index (χ0n) is 16.7. The van der Waals surface area contributed by atoms with Crippen molar-refractivity contribution >= 4 is 22.7 Å². The molecule has 0 radical (unpaired) electrons. The first-order valence-electron chi connectivity index (χ1n) is 9.13. The molecule has 2 aromatic carbocycles. The fourth-order valence-corrected chi connectivity index (χ4v) is 3.39. The summed E-state index contributed by atoms with van der Waals surface area (Å²) < 4.78 is 16.0. The first-order chi connectivity index (χ1) is 14.0.